The number of nitrogens with zero attached hydrogens (tertiary/aromatic N) is 1. The van der Waals surface area contributed by atoms with Crippen LogP contribution in [-0.4, -0.2) is 10.5 Å². The molecule has 0 spiro atoms. The van der Waals surface area contributed by atoms with Crippen LogP contribution in [0.15, 0.2) is 5.18 Å². The van der Waals surface area contributed by atoms with Crippen LogP contribution in [0.25, 0.3) is 0 Å². The number of hydrogen-bond acceptors (Lipinski definition) is 2. The van der Waals surface area contributed by atoms with Crippen LogP contribution in [0.5, 0.6) is 0 Å². The fourth-order valence-corrected chi connectivity index (χ4v) is 1.11. The van der Waals surface area contributed by atoms with Crippen LogP contribution in [-0.2, 0) is 0 Å². The molecule has 0 heterocycles. The van der Waals surface area contributed by atoms with Crippen molar-refractivity contribution >= 4 is 22.6 Å². The van der Waals surface area contributed by atoms with Crippen molar-refractivity contribution in [1.29, 1.82) is 0 Å². The van der Waals surface area contributed by atoms with E-state index in [-0.39, 0.29) is 6.04 Å². The van der Waals surface area contributed by atoms with E-state index in [1.54, 1.807) is 0 Å². The van der Waals surface area contributed by atoms with E-state index in [9.17, 15) is 4.91 Å². The van der Waals surface area contributed by atoms with Gasteiger partial charge >= 0.3 is 0 Å². The second-order valence-corrected chi connectivity index (χ2v) is 2.51. The molecule has 0 aromatic rings. The van der Waals surface area contributed by atoms with Crippen molar-refractivity contribution in [2.45, 2.75) is 19.4 Å². The third-order valence-corrected chi connectivity index (χ3v) is 1.33. The maximum Gasteiger partial charge on any atom is 0.0899 e. The highest BCUT2D eigenvalue weighted by atomic mass is 127. The normalized spacial score (nSPS) is 13.4. The van der Waals surface area contributed by atoms with Crippen molar-refractivity contribution < 1.29 is 0 Å². The quantitative estimate of drug-likeness (QED) is 0.400. The van der Waals surface area contributed by atoms with E-state index in [2.05, 4.69) is 27.8 Å². The first-order valence-electron chi connectivity index (χ1n) is 2.19. The molecule has 7 heavy (non-hydrogen) atoms. The van der Waals surface area contributed by atoms with E-state index in [4.69, 9.17) is 0 Å². The molecule has 0 fully saturated rings. The van der Waals surface area contributed by atoms with Crippen LogP contribution in [0.1, 0.15) is 13.3 Å². The Labute approximate surface area is 56.8 Å². The van der Waals surface area contributed by atoms with Gasteiger partial charge in [0, 0.05) is 4.43 Å². The molecular weight excluding hydrogens is 205 g/mol. The Morgan fingerprint density at radius 2 is 2.43 bits per heavy atom. The molecule has 0 saturated carbocycles. The fraction of sp³-hybridized carbons (Fsp3) is 1.00. The Morgan fingerprint density at radius 1 is 1.86 bits per heavy atom. The minimum atomic E-state index is 0.0110. The van der Waals surface area contributed by atoms with Gasteiger partial charge in [-0.15, -0.1) is 0 Å². The Kier molecular flexibility index (Phi) is 4.70. The zero-order valence-electron chi connectivity index (χ0n) is 4.22. The molecule has 0 rings (SSSR count). The predicted molar refractivity (Wildman–Crippen MR) is 38.8 cm³/mol. The van der Waals surface area contributed by atoms with Crippen molar-refractivity contribution in [3.05, 3.63) is 4.91 Å². The molecule has 0 saturated heterocycles. The lowest BCUT2D eigenvalue weighted by atomic mass is 10.3. The van der Waals surface area contributed by atoms with Gasteiger partial charge in [0.05, 0.1) is 6.04 Å². The largest absolute Gasteiger partial charge is 0.151 e. The topological polar surface area (TPSA) is 29.4 Å². The predicted octanol–water partition coefficient (Wildman–Crippen LogP) is 1.97. The van der Waals surface area contributed by atoms with Gasteiger partial charge in [-0.25, -0.2) is 0 Å². The van der Waals surface area contributed by atoms with Crippen LogP contribution < -0.4 is 0 Å². The molecule has 0 aromatic carbocycles. The second-order valence-electron chi connectivity index (χ2n) is 1.43. The van der Waals surface area contributed by atoms with Gasteiger partial charge in [-0.1, -0.05) is 27.8 Å². The minimum Gasteiger partial charge on any atom is -0.151 e. The molecule has 0 aromatic heterocycles. The summed E-state index contributed by atoms with van der Waals surface area (Å²) < 4.78 is 1.02. The molecule has 1 atom stereocenters. The van der Waals surface area contributed by atoms with E-state index in [1.807, 2.05) is 6.92 Å². The van der Waals surface area contributed by atoms with Gasteiger partial charge in [-0.05, 0) is 13.3 Å². The maximum absolute atomic E-state index is 9.64. The van der Waals surface area contributed by atoms with Crippen molar-refractivity contribution in [2.24, 2.45) is 5.18 Å². The average Bonchev–Trinajstić information content (AvgIpc) is 1.68. The maximum atomic E-state index is 9.64. The molecule has 0 amide bonds. The highest BCUT2D eigenvalue weighted by Crippen LogP contribution is 1.97. The van der Waals surface area contributed by atoms with Gasteiger partial charge in [0.2, 0.25) is 0 Å². The molecule has 0 N–H and O–H groups in total. The van der Waals surface area contributed by atoms with Crippen molar-refractivity contribution in [3.8, 4) is 0 Å². The summed E-state index contributed by atoms with van der Waals surface area (Å²) >= 11 is 2.23. The average molecular weight is 213 g/mol. The first-order valence-corrected chi connectivity index (χ1v) is 3.72. The van der Waals surface area contributed by atoms with Gasteiger partial charge in [0.1, 0.15) is 0 Å². The van der Waals surface area contributed by atoms with Gasteiger partial charge in [0.15, 0.2) is 0 Å². The smallest absolute Gasteiger partial charge is 0.0899 e. The van der Waals surface area contributed by atoms with Crippen LogP contribution >= 0.6 is 22.6 Å². The molecule has 0 aliphatic rings. The summed E-state index contributed by atoms with van der Waals surface area (Å²) in [4.78, 5) is 9.64. The van der Waals surface area contributed by atoms with Crippen molar-refractivity contribution in [3.63, 3.8) is 0 Å². The first kappa shape index (κ1) is 7.33. The standard InChI is InChI=1S/C4H8INO/c1-4(6-7)2-3-5/h4H,2-3H2,1H3. The molecule has 2 nitrogen and oxygen atoms in total. The monoisotopic (exact) mass is 213 g/mol. The summed E-state index contributed by atoms with van der Waals surface area (Å²) in [5.41, 5.74) is 0. The zero-order valence-corrected chi connectivity index (χ0v) is 6.38. The van der Waals surface area contributed by atoms with E-state index in [0.717, 1.165) is 10.8 Å². The second kappa shape index (κ2) is 4.49. The van der Waals surface area contributed by atoms with E-state index in [0.29, 0.717) is 0 Å². The molecule has 3 heteroatoms. The Bertz CT molecular complexity index is 57.7. The lowest BCUT2D eigenvalue weighted by Gasteiger charge is -1.92. The highest BCUT2D eigenvalue weighted by Gasteiger charge is 1.95. The third-order valence-electron chi connectivity index (χ3n) is 0.707. The van der Waals surface area contributed by atoms with E-state index >= 15 is 0 Å². The molecule has 42 valence electrons. The minimum absolute atomic E-state index is 0.0110. The van der Waals surface area contributed by atoms with Gasteiger partial charge in [-0.3, -0.25) is 0 Å². The lowest BCUT2D eigenvalue weighted by molar-refractivity contribution is 0.723. The summed E-state index contributed by atoms with van der Waals surface area (Å²) in [6.07, 6.45) is 0.907. The van der Waals surface area contributed by atoms with Gasteiger partial charge in [0.25, 0.3) is 0 Å². The Balaban J connectivity index is 2.98. The first-order chi connectivity index (χ1) is 3.31. The Morgan fingerprint density at radius 3 is 2.57 bits per heavy atom. The number of nitroso groups, excluding NO2 is 1. The summed E-state index contributed by atoms with van der Waals surface area (Å²) in [7, 11) is 0. The van der Waals surface area contributed by atoms with Crippen LogP contribution in [0.3, 0.4) is 0 Å². The van der Waals surface area contributed by atoms with Crippen LogP contribution in [0.2, 0.25) is 0 Å². The molecule has 0 aliphatic heterocycles. The van der Waals surface area contributed by atoms with Crippen molar-refractivity contribution in [2.75, 3.05) is 4.43 Å². The molecular formula is C4H8INO. The lowest BCUT2D eigenvalue weighted by Crippen LogP contribution is -1.95. The summed E-state index contributed by atoms with van der Waals surface area (Å²) in [6.45, 7) is 1.83. The van der Waals surface area contributed by atoms with Crippen LogP contribution in [0, 0.1) is 4.91 Å². The number of alkyl halides is 1. The van der Waals surface area contributed by atoms with Crippen molar-refractivity contribution in [1.82, 2.24) is 0 Å². The summed E-state index contributed by atoms with van der Waals surface area (Å²) in [5, 5.41) is 2.82. The SMILES string of the molecule is CC(CCI)N=O. The fourth-order valence-electron chi connectivity index (χ4n) is 0.211. The van der Waals surface area contributed by atoms with Gasteiger partial charge in [-0.2, -0.15) is 4.91 Å². The number of rotatable bonds is 3. The molecule has 0 bridgehead atoms. The summed E-state index contributed by atoms with van der Waals surface area (Å²) in [6, 6.07) is 0.0110. The third kappa shape index (κ3) is 4.18. The number of halogens is 1. The van der Waals surface area contributed by atoms with E-state index < -0.39 is 0 Å². The molecule has 0 aliphatic carbocycles. The highest BCUT2D eigenvalue weighted by molar-refractivity contribution is 14.1. The van der Waals surface area contributed by atoms with E-state index in [1.165, 1.54) is 0 Å². The Hall–Kier alpha value is 0.330. The van der Waals surface area contributed by atoms with Crippen LogP contribution in [0.4, 0.5) is 0 Å². The number of hydrogen-bond donors (Lipinski definition) is 0. The van der Waals surface area contributed by atoms with Gasteiger partial charge < -0.3 is 0 Å². The summed E-state index contributed by atoms with van der Waals surface area (Å²) in [5.74, 6) is 0. The molecule has 1 unspecified atom stereocenters. The molecule has 0 radical (unpaired) electrons. The zero-order chi connectivity index (χ0) is 5.70.